The highest BCUT2D eigenvalue weighted by atomic mass is 16.5. The lowest BCUT2D eigenvalue weighted by Gasteiger charge is -2.12. The molecule has 2 rings (SSSR count). The lowest BCUT2D eigenvalue weighted by molar-refractivity contribution is -0.125. The first-order valence-electron chi connectivity index (χ1n) is 8.03. The van der Waals surface area contributed by atoms with Gasteiger partial charge >= 0.3 is 0 Å². The maximum atomic E-state index is 12.0. The Labute approximate surface area is 151 Å². The van der Waals surface area contributed by atoms with Crippen molar-refractivity contribution in [1.82, 2.24) is 5.32 Å². The first-order valence-corrected chi connectivity index (χ1v) is 8.03. The fourth-order valence-corrected chi connectivity index (χ4v) is 2.25. The predicted octanol–water partition coefficient (Wildman–Crippen LogP) is 1.54. The molecule has 0 aliphatic carbocycles. The second-order valence-corrected chi connectivity index (χ2v) is 5.72. The maximum Gasteiger partial charge on any atom is 0.258 e. The van der Waals surface area contributed by atoms with Crippen molar-refractivity contribution in [2.24, 2.45) is 5.73 Å². The average molecular weight is 355 g/mol. The van der Waals surface area contributed by atoms with Gasteiger partial charge < -0.3 is 21.1 Å². The van der Waals surface area contributed by atoms with Crippen molar-refractivity contribution in [2.75, 3.05) is 18.5 Å². The van der Waals surface area contributed by atoms with Crippen LogP contribution in [0.3, 0.4) is 0 Å². The van der Waals surface area contributed by atoms with Gasteiger partial charge in [0, 0.05) is 5.69 Å². The number of nitrogens with one attached hydrogen (secondary N) is 2. The van der Waals surface area contributed by atoms with E-state index in [1.807, 2.05) is 26.0 Å². The second-order valence-electron chi connectivity index (χ2n) is 5.72. The van der Waals surface area contributed by atoms with Crippen molar-refractivity contribution in [3.05, 3.63) is 59.2 Å². The fraction of sp³-hybridized carbons (Fsp3) is 0.211. The molecule has 26 heavy (non-hydrogen) atoms. The van der Waals surface area contributed by atoms with Crippen LogP contribution in [-0.2, 0) is 9.59 Å². The molecule has 2 aromatic rings. The normalized spacial score (nSPS) is 10.1. The summed E-state index contributed by atoms with van der Waals surface area (Å²) in [6, 6.07) is 12.0. The third-order valence-electron chi connectivity index (χ3n) is 3.84. The van der Waals surface area contributed by atoms with Crippen LogP contribution in [0, 0.1) is 13.8 Å². The van der Waals surface area contributed by atoms with E-state index in [9.17, 15) is 14.4 Å². The summed E-state index contributed by atoms with van der Waals surface area (Å²) in [6.45, 7) is 3.34. The van der Waals surface area contributed by atoms with Crippen LogP contribution in [0.1, 0.15) is 21.5 Å². The van der Waals surface area contributed by atoms with Crippen molar-refractivity contribution >= 4 is 23.4 Å². The monoisotopic (exact) mass is 355 g/mol. The van der Waals surface area contributed by atoms with E-state index in [0.29, 0.717) is 5.69 Å². The van der Waals surface area contributed by atoms with E-state index in [0.717, 1.165) is 11.1 Å². The van der Waals surface area contributed by atoms with E-state index in [2.05, 4.69) is 10.6 Å². The van der Waals surface area contributed by atoms with Gasteiger partial charge in [0.05, 0.1) is 12.1 Å². The number of nitrogens with two attached hydrogens (primary N) is 1. The van der Waals surface area contributed by atoms with Crippen LogP contribution in [-0.4, -0.2) is 30.9 Å². The Morgan fingerprint density at radius 2 is 1.73 bits per heavy atom. The number of rotatable bonds is 7. The Bertz CT molecular complexity index is 833. The van der Waals surface area contributed by atoms with Crippen LogP contribution in [0.4, 0.5) is 5.69 Å². The molecule has 0 fully saturated rings. The van der Waals surface area contributed by atoms with Gasteiger partial charge in [-0.2, -0.15) is 0 Å². The molecule has 0 aromatic heterocycles. The average Bonchev–Trinajstić information content (AvgIpc) is 2.62. The second kappa shape index (κ2) is 8.66. The van der Waals surface area contributed by atoms with Crippen molar-refractivity contribution in [3.8, 4) is 5.75 Å². The molecule has 4 N–H and O–H groups in total. The van der Waals surface area contributed by atoms with Crippen molar-refractivity contribution in [1.29, 1.82) is 0 Å². The highest BCUT2D eigenvalue weighted by molar-refractivity contribution is 5.96. The van der Waals surface area contributed by atoms with Gasteiger partial charge in [-0.05, 0) is 43.2 Å². The van der Waals surface area contributed by atoms with Crippen LogP contribution in [0.2, 0.25) is 0 Å². The predicted molar refractivity (Wildman–Crippen MR) is 98.0 cm³/mol. The summed E-state index contributed by atoms with van der Waals surface area (Å²) in [5, 5.41) is 5.21. The van der Waals surface area contributed by atoms with Gasteiger partial charge in [0.15, 0.2) is 6.61 Å². The quantitative estimate of drug-likeness (QED) is 0.699. The number of para-hydroxylation sites is 1. The zero-order valence-corrected chi connectivity index (χ0v) is 14.7. The molecule has 0 atom stereocenters. The number of carbonyl (C=O) groups excluding carboxylic acids is 3. The van der Waals surface area contributed by atoms with Crippen LogP contribution < -0.4 is 21.1 Å². The summed E-state index contributed by atoms with van der Waals surface area (Å²) in [5.74, 6) is -1.26. The van der Waals surface area contributed by atoms with Crippen LogP contribution in [0.25, 0.3) is 0 Å². The molecule has 3 amide bonds. The molecule has 0 unspecified atom stereocenters. The molecule has 2 aromatic carbocycles. The van der Waals surface area contributed by atoms with Crippen LogP contribution >= 0.6 is 0 Å². The summed E-state index contributed by atoms with van der Waals surface area (Å²) in [5.41, 5.74) is 8.17. The fourth-order valence-electron chi connectivity index (χ4n) is 2.25. The summed E-state index contributed by atoms with van der Waals surface area (Å²) < 4.78 is 5.30. The Balaban J connectivity index is 1.83. The summed E-state index contributed by atoms with van der Waals surface area (Å²) in [4.78, 5) is 35.1. The molecule has 0 heterocycles. The highest BCUT2D eigenvalue weighted by Gasteiger charge is 2.12. The van der Waals surface area contributed by atoms with Crippen molar-refractivity contribution in [2.45, 2.75) is 13.8 Å². The minimum absolute atomic E-state index is 0.187. The maximum absolute atomic E-state index is 12.0. The van der Waals surface area contributed by atoms with E-state index >= 15 is 0 Å². The van der Waals surface area contributed by atoms with E-state index in [1.54, 1.807) is 24.3 Å². The zero-order valence-electron chi connectivity index (χ0n) is 14.7. The number of aryl methyl sites for hydroxylation is 1. The Morgan fingerprint density at radius 3 is 2.46 bits per heavy atom. The molecular weight excluding hydrogens is 334 g/mol. The third kappa shape index (κ3) is 5.07. The first kappa shape index (κ1) is 19.0. The van der Waals surface area contributed by atoms with Gasteiger partial charge in [-0.3, -0.25) is 14.4 Å². The number of benzene rings is 2. The largest absolute Gasteiger partial charge is 0.483 e. The number of ether oxygens (including phenoxy) is 1. The van der Waals surface area contributed by atoms with Crippen LogP contribution in [0.15, 0.2) is 42.5 Å². The molecule has 0 radical (unpaired) electrons. The number of hydrogen-bond acceptors (Lipinski definition) is 4. The molecule has 0 spiro atoms. The smallest absolute Gasteiger partial charge is 0.258 e. The first-order chi connectivity index (χ1) is 12.4. The van der Waals surface area contributed by atoms with Gasteiger partial charge in [-0.15, -0.1) is 0 Å². The van der Waals surface area contributed by atoms with Gasteiger partial charge in [-0.25, -0.2) is 0 Å². The van der Waals surface area contributed by atoms with E-state index in [-0.39, 0.29) is 30.4 Å². The van der Waals surface area contributed by atoms with Gasteiger partial charge in [0.2, 0.25) is 5.91 Å². The topological polar surface area (TPSA) is 111 Å². The van der Waals surface area contributed by atoms with E-state index in [4.69, 9.17) is 10.5 Å². The number of hydrogen-bond donors (Lipinski definition) is 3. The minimum atomic E-state index is -0.645. The molecule has 136 valence electrons. The van der Waals surface area contributed by atoms with Gasteiger partial charge in [0.1, 0.15) is 5.75 Å². The number of carbonyl (C=O) groups is 3. The van der Waals surface area contributed by atoms with E-state index < -0.39 is 11.8 Å². The standard InChI is InChI=1S/C19H21N3O4/c1-12-6-5-8-15(13(12)2)22-17(23)10-21-18(24)11-26-16-9-4-3-7-14(16)19(20)25/h3-9H,10-11H2,1-2H3,(H2,20,25)(H,21,24)(H,22,23). The molecule has 0 bridgehead atoms. The Kier molecular flexibility index (Phi) is 6.32. The number of amides is 3. The molecule has 0 saturated heterocycles. The summed E-state index contributed by atoms with van der Waals surface area (Å²) in [7, 11) is 0. The molecule has 7 heteroatoms. The third-order valence-corrected chi connectivity index (χ3v) is 3.84. The van der Waals surface area contributed by atoms with Gasteiger partial charge in [0.25, 0.3) is 11.8 Å². The highest BCUT2D eigenvalue weighted by Crippen LogP contribution is 2.18. The molecule has 0 aliphatic heterocycles. The van der Waals surface area contributed by atoms with Crippen molar-refractivity contribution < 1.29 is 19.1 Å². The van der Waals surface area contributed by atoms with E-state index in [1.165, 1.54) is 6.07 Å². The van der Waals surface area contributed by atoms with Crippen molar-refractivity contribution in [3.63, 3.8) is 0 Å². The lowest BCUT2D eigenvalue weighted by atomic mass is 10.1. The molecule has 7 nitrogen and oxygen atoms in total. The minimum Gasteiger partial charge on any atom is -0.483 e. The Hall–Kier alpha value is -3.35. The summed E-state index contributed by atoms with van der Waals surface area (Å²) >= 11 is 0. The molecule has 0 aliphatic rings. The summed E-state index contributed by atoms with van der Waals surface area (Å²) in [6.07, 6.45) is 0. The lowest BCUT2D eigenvalue weighted by Crippen LogP contribution is -2.36. The molecular formula is C19H21N3O4. The molecule has 0 saturated carbocycles. The zero-order chi connectivity index (χ0) is 19.1. The Morgan fingerprint density at radius 1 is 1.00 bits per heavy atom. The van der Waals surface area contributed by atoms with Crippen LogP contribution in [0.5, 0.6) is 5.75 Å². The number of primary amides is 1. The van der Waals surface area contributed by atoms with Gasteiger partial charge in [-0.1, -0.05) is 24.3 Å². The number of anilines is 1. The SMILES string of the molecule is Cc1cccc(NC(=O)CNC(=O)COc2ccccc2C(N)=O)c1C.